The van der Waals surface area contributed by atoms with Crippen molar-refractivity contribution in [3.8, 4) is 0 Å². The maximum Gasteiger partial charge on any atom is 0.319 e. The second-order valence-electron chi connectivity index (χ2n) is 6.46. The zero-order valence-electron chi connectivity index (χ0n) is 13.0. The molecule has 0 aromatic carbocycles. The molecule has 3 N–H and O–H groups in total. The van der Waals surface area contributed by atoms with Crippen molar-refractivity contribution >= 4 is 11.7 Å². The van der Waals surface area contributed by atoms with E-state index in [1.54, 1.807) is 17.1 Å². The van der Waals surface area contributed by atoms with Gasteiger partial charge in [0, 0.05) is 12.7 Å². The predicted octanol–water partition coefficient (Wildman–Crippen LogP) is 2.17. The number of amides is 2. The zero-order chi connectivity index (χ0) is 15.3. The number of aromatic nitrogens is 2. The molecule has 0 fully saturated rings. The molecule has 2 amide bonds. The highest BCUT2D eigenvalue weighted by Gasteiger charge is 2.15. The number of nitrogens with one attached hydrogen (secondary N) is 2. The Morgan fingerprint density at radius 2 is 2.10 bits per heavy atom. The van der Waals surface area contributed by atoms with Gasteiger partial charge in [0.1, 0.15) is 0 Å². The standard InChI is InChI=1S/C14H26N4O2/c1-10(2)6-12(19)8-15-13(20)17-11-7-16-18(9-11)14(3,4)5/h7,9-10,12,19H,6,8H2,1-5H3,(H2,15,17,20). The summed E-state index contributed by atoms with van der Waals surface area (Å²) in [5.41, 5.74) is 0.514. The lowest BCUT2D eigenvalue weighted by atomic mass is 10.1. The van der Waals surface area contributed by atoms with E-state index in [0.29, 0.717) is 18.0 Å². The topological polar surface area (TPSA) is 79.2 Å². The summed E-state index contributed by atoms with van der Waals surface area (Å²) in [5, 5.41) is 19.2. The summed E-state index contributed by atoms with van der Waals surface area (Å²) in [7, 11) is 0. The van der Waals surface area contributed by atoms with Crippen LogP contribution in [0, 0.1) is 5.92 Å². The fraction of sp³-hybridized carbons (Fsp3) is 0.714. The Labute approximate surface area is 120 Å². The van der Waals surface area contributed by atoms with Crippen LogP contribution in [0.3, 0.4) is 0 Å². The summed E-state index contributed by atoms with van der Waals surface area (Å²) in [6.45, 7) is 10.4. The molecule has 1 heterocycles. The number of hydrogen-bond acceptors (Lipinski definition) is 3. The predicted molar refractivity (Wildman–Crippen MR) is 79.7 cm³/mol. The van der Waals surface area contributed by atoms with Crippen LogP contribution in [0.2, 0.25) is 0 Å². The Morgan fingerprint density at radius 3 is 2.60 bits per heavy atom. The highest BCUT2D eigenvalue weighted by molar-refractivity contribution is 5.88. The Balaban J connectivity index is 2.41. The molecule has 0 saturated heterocycles. The highest BCUT2D eigenvalue weighted by atomic mass is 16.3. The number of nitrogens with zero attached hydrogens (tertiary/aromatic N) is 2. The molecule has 114 valence electrons. The lowest BCUT2D eigenvalue weighted by Crippen LogP contribution is -2.35. The van der Waals surface area contributed by atoms with E-state index in [4.69, 9.17) is 0 Å². The van der Waals surface area contributed by atoms with E-state index in [1.165, 1.54) is 0 Å². The van der Waals surface area contributed by atoms with E-state index in [1.807, 2.05) is 34.6 Å². The quantitative estimate of drug-likeness (QED) is 0.774. The maximum atomic E-state index is 11.7. The first-order valence-corrected chi connectivity index (χ1v) is 6.96. The molecule has 0 aliphatic rings. The molecule has 0 spiro atoms. The molecule has 1 aromatic rings. The molecule has 1 atom stereocenters. The Hall–Kier alpha value is -1.56. The summed E-state index contributed by atoms with van der Waals surface area (Å²) < 4.78 is 1.79. The average Bonchev–Trinajstić information content (AvgIpc) is 2.73. The van der Waals surface area contributed by atoms with Crippen LogP contribution in [0.5, 0.6) is 0 Å². The molecule has 1 unspecified atom stereocenters. The van der Waals surface area contributed by atoms with Crippen LogP contribution < -0.4 is 10.6 Å². The summed E-state index contributed by atoms with van der Waals surface area (Å²) in [6.07, 6.45) is 3.54. The molecule has 0 aliphatic carbocycles. The van der Waals surface area contributed by atoms with Gasteiger partial charge in [-0.2, -0.15) is 5.10 Å². The van der Waals surface area contributed by atoms with Gasteiger partial charge in [-0.1, -0.05) is 13.8 Å². The van der Waals surface area contributed by atoms with Crippen molar-refractivity contribution < 1.29 is 9.90 Å². The van der Waals surface area contributed by atoms with E-state index in [9.17, 15) is 9.90 Å². The lowest BCUT2D eigenvalue weighted by molar-refractivity contribution is 0.148. The van der Waals surface area contributed by atoms with Crippen LogP contribution in [-0.2, 0) is 5.54 Å². The summed E-state index contributed by atoms with van der Waals surface area (Å²) in [5.74, 6) is 0.403. The number of hydrogen-bond donors (Lipinski definition) is 3. The molecule has 6 nitrogen and oxygen atoms in total. The zero-order valence-corrected chi connectivity index (χ0v) is 13.0. The third-order valence-corrected chi connectivity index (χ3v) is 2.77. The van der Waals surface area contributed by atoms with Gasteiger partial charge in [0.25, 0.3) is 0 Å². The molecular formula is C14H26N4O2. The van der Waals surface area contributed by atoms with Gasteiger partial charge < -0.3 is 15.7 Å². The minimum atomic E-state index is -0.516. The van der Waals surface area contributed by atoms with Crippen LogP contribution in [0.4, 0.5) is 10.5 Å². The van der Waals surface area contributed by atoms with Crippen molar-refractivity contribution in [3.05, 3.63) is 12.4 Å². The summed E-state index contributed by atoms with van der Waals surface area (Å²) in [6, 6.07) is -0.332. The molecule has 6 heteroatoms. The first-order chi connectivity index (χ1) is 9.18. The third-order valence-electron chi connectivity index (χ3n) is 2.77. The summed E-state index contributed by atoms with van der Waals surface area (Å²) in [4.78, 5) is 11.7. The van der Waals surface area contributed by atoms with Gasteiger partial charge in [-0.25, -0.2) is 4.79 Å². The van der Waals surface area contributed by atoms with Crippen LogP contribution in [0.25, 0.3) is 0 Å². The number of aliphatic hydroxyl groups is 1. The number of carbonyl (C=O) groups is 1. The fourth-order valence-electron chi connectivity index (χ4n) is 1.77. The van der Waals surface area contributed by atoms with Gasteiger partial charge in [-0.05, 0) is 33.1 Å². The molecule has 0 radical (unpaired) electrons. The number of anilines is 1. The lowest BCUT2D eigenvalue weighted by Gasteiger charge is -2.18. The van der Waals surface area contributed by atoms with Gasteiger partial charge in [-0.15, -0.1) is 0 Å². The molecular weight excluding hydrogens is 256 g/mol. The minimum Gasteiger partial charge on any atom is -0.391 e. The summed E-state index contributed by atoms with van der Waals surface area (Å²) >= 11 is 0. The van der Waals surface area contributed by atoms with Crippen LogP contribution in [-0.4, -0.2) is 33.6 Å². The van der Waals surface area contributed by atoms with E-state index < -0.39 is 6.10 Å². The Morgan fingerprint density at radius 1 is 1.45 bits per heavy atom. The number of carbonyl (C=O) groups excluding carboxylic acids is 1. The van der Waals surface area contributed by atoms with Gasteiger partial charge in [0.05, 0.1) is 23.5 Å². The minimum absolute atomic E-state index is 0.121. The molecule has 0 saturated carbocycles. The first-order valence-electron chi connectivity index (χ1n) is 6.96. The molecule has 20 heavy (non-hydrogen) atoms. The molecule has 0 bridgehead atoms. The van der Waals surface area contributed by atoms with Gasteiger partial charge >= 0.3 is 6.03 Å². The van der Waals surface area contributed by atoms with Gasteiger partial charge in [0.2, 0.25) is 0 Å². The van der Waals surface area contributed by atoms with E-state index in [2.05, 4.69) is 15.7 Å². The van der Waals surface area contributed by atoms with Crippen molar-refractivity contribution in [1.29, 1.82) is 0 Å². The Bertz CT molecular complexity index is 435. The van der Waals surface area contributed by atoms with Crippen LogP contribution in [0.15, 0.2) is 12.4 Å². The van der Waals surface area contributed by atoms with Crippen molar-refractivity contribution in [1.82, 2.24) is 15.1 Å². The number of rotatable bonds is 5. The van der Waals surface area contributed by atoms with Gasteiger partial charge in [-0.3, -0.25) is 4.68 Å². The fourth-order valence-corrected chi connectivity index (χ4v) is 1.77. The van der Waals surface area contributed by atoms with Gasteiger partial charge in [0.15, 0.2) is 0 Å². The monoisotopic (exact) mass is 282 g/mol. The first kappa shape index (κ1) is 16.5. The van der Waals surface area contributed by atoms with Crippen molar-refractivity contribution in [2.75, 3.05) is 11.9 Å². The van der Waals surface area contributed by atoms with Crippen molar-refractivity contribution in [2.24, 2.45) is 5.92 Å². The van der Waals surface area contributed by atoms with Crippen LogP contribution in [0.1, 0.15) is 41.0 Å². The average molecular weight is 282 g/mol. The van der Waals surface area contributed by atoms with E-state index in [-0.39, 0.29) is 18.1 Å². The normalized spacial score (nSPS) is 13.3. The SMILES string of the molecule is CC(C)CC(O)CNC(=O)Nc1cnn(C(C)(C)C)c1. The maximum absolute atomic E-state index is 11.7. The second-order valence-corrected chi connectivity index (χ2v) is 6.46. The number of aliphatic hydroxyl groups excluding tert-OH is 1. The highest BCUT2D eigenvalue weighted by Crippen LogP contribution is 2.15. The molecule has 1 rings (SSSR count). The molecule has 0 aliphatic heterocycles. The van der Waals surface area contributed by atoms with E-state index >= 15 is 0 Å². The molecule has 1 aromatic heterocycles. The van der Waals surface area contributed by atoms with E-state index in [0.717, 1.165) is 0 Å². The Kier molecular flexibility index (Phi) is 5.56. The van der Waals surface area contributed by atoms with Crippen LogP contribution >= 0.6 is 0 Å². The number of urea groups is 1. The third kappa shape index (κ3) is 5.61. The second kappa shape index (κ2) is 6.74. The smallest absolute Gasteiger partial charge is 0.319 e. The van der Waals surface area contributed by atoms with Crippen molar-refractivity contribution in [2.45, 2.75) is 52.7 Å². The largest absolute Gasteiger partial charge is 0.391 e. The van der Waals surface area contributed by atoms with Crippen molar-refractivity contribution in [3.63, 3.8) is 0 Å².